The molecule has 10 aromatic carbocycles. The van der Waals surface area contributed by atoms with Gasteiger partial charge in [-0.1, -0.05) is 170 Å². The number of isothiocyanates is 1. The van der Waals surface area contributed by atoms with E-state index in [1.54, 1.807) is 76.8 Å². The molecule has 0 fully saturated rings. The van der Waals surface area contributed by atoms with Crippen LogP contribution in [0.15, 0.2) is 232 Å². The largest absolute Gasteiger partial charge is 1.00 e. The van der Waals surface area contributed by atoms with Crippen LogP contribution in [-0.4, -0.2) is 99.9 Å². The summed E-state index contributed by atoms with van der Waals surface area (Å²) in [6.45, 7) is 17.1. The zero-order valence-electron chi connectivity index (χ0n) is 66.2. The van der Waals surface area contributed by atoms with Gasteiger partial charge in [0.25, 0.3) is 0 Å². The summed E-state index contributed by atoms with van der Waals surface area (Å²) in [4.78, 5) is 6.47. The Balaban J connectivity index is 0.000000344. The molecule has 3 aliphatic rings. The fraction of sp³-hybridized carbons (Fsp3) is 0.262. The van der Waals surface area contributed by atoms with E-state index < -0.39 is 30.1 Å². The molecule has 31 heteroatoms. The van der Waals surface area contributed by atoms with Crippen LogP contribution < -0.4 is 88.9 Å². The number of hydrogen-bond acceptors (Lipinski definition) is 16. The summed E-state index contributed by atoms with van der Waals surface area (Å²) < 4.78 is 86.9. The van der Waals surface area contributed by atoms with Crippen LogP contribution in [0, 0.1) is 34.6 Å². The molecule has 0 atom stereocenters. The van der Waals surface area contributed by atoms with Gasteiger partial charge in [-0.2, -0.15) is 4.31 Å². The predicted molar refractivity (Wildman–Crippen MR) is 472 cm³/mol. The smallest absolute Gasteiger partial charge is 0.855 e. The molecule has 0 aliphatic carbocycles. The van der Waals surface area contributed by atoms with Crippen molar-refractivity contribution in [3.05, 3.63) is 311 Å². The summed E-state index contributed by atoms with van der Waals surface area (Å²) in [5.41, 5.74) is 17.5. The quantitative estimate of drug-likeness (QED) is 0.0244. The number of sulfonamides is 3. The van der Waals surface area contributed by atoms with Gasteiger partial charge in [0.15, 0.2) is 5.11 Å². The van der Waals surface area contributed by atoms with Crippen LogP contribution in [0.5, 0.6) is 28.7 Å². The number of benzene rings is 10. The molecule has 0 aromatic heterocycles. The maximum atomic E-state index is 12.7. The SMILES string of the molecule is CC[O-].COc1ccc(C)c(C)c1.COc1ccc(CBr)c(CBr)c1.COc1ccc2c(c1)CN(S(=O)(=O)c1ccc(C)cc1)C2.Cc1ccc(S(N)(=O)=O)cc1.Cc1ccc(S([NH-])(=O)=O)cc1.Oc1ccc2c(c1)CN(Br)C2.Oc1ccc2c(c1)CN(C(=S)NCCc1ccc(Cl)cc1)C2.S=C=NCCc1ccc(Cl)cc1.[Na+].[Na+]. The van der Waals surface area contributed by atoms with Gasteiger partial charge in [0.1, 0.15) is 28.7 Å². The number of aryl methyl sites for hydroxylation is 5. The van der Waals surface area contributed by atoms with Crippen molar-refractivity contribution in [1.82, 2.24) is 18.4 Å². The number of fused-ring (bicyclic) bond motifs is 3. The van der Waals surface area contributed by atoms with E-state index in [0.29, 0.717) is 36.0 Å². The molecule has 3 heterocycles. The van der Waals surface area contributed by atoms with Gasteiger partial charge in [-0.3, -0.25) is 0 Å². The van der Waals surface area contributed by atoms with Gasteiger partial charge in [-0.05, 0) is 260 Å². The predicted octanol–water partition coefficient (Wildman–Crippen LogP) is 12.7. The molecule has 10 aromatic rings. The van der Waals surface area contributed by atoms with Crippen molar-refractivity contribution < 1.29 is 114 Å². The third kappa shape index (κ3) is 36.9. The summed E-state index contributed by atoms with van der Waals surface area (Å²) in [5, 5.41) is 48.9. The number of primary sulfonamides is 1. The molecule has 19 nitrogen and oxygen atoms in total. The molecule has 0 saturated carbocycles. The first-order valence-corrected chi connectivity index (χ1v) is 44.1. The average Bonchev–Trinajstić information content (AvgIpc) is 1.40. The van der Waals surface area contributed by atoms with E-state index >= 15 is 0 Å². The van der Waals surface area contributed by atoms with Gasteiger partial charge >= 0.3 is 59.1 Å². The summed E-state index contributed by atoms with van der Waals surface area (Å²) in [6, 6.07) is 64.0. The first kappa shape index (κ1) is 104. The van der Waals surface area contributed by atoms with Gasteiger partial charge < -0.3 is 44.9 Å². The number of nitrogens with two attached hydrogens (primary N) is 1. The first-order chi connectivity index (χ1) is 53.7. The number of rotatable bonds is 15. The van der Waals surface area contributed by atoms with Gasteiger partial charge in [0, 0.05) is 87.6 Å². The number of nitrogens with one attached hydrogen (secondary N) is 2. The summed E-state index contributed by atoms with van der Waals surface area (Å²) >= 11 is 31.8. The number of thiocarbonyl (C=S) groups is 2. The minimum atomic E-state index is -3.77. The normalized spacial score (nSPS) is 12.0. The topological polar surface area (TPSA) is 278 Å². The monoisotopic (exact) mass is 1910 g/mol. The van der Waals surface area contributed by atoms with Gasteiger partial charge in [0.2, 0.25) is 20.0 Å². The Morgan fingerprint density at radius 3 is 1.42 bits per heavy atom. The van der Waals surface area contributed by atoms with E-state index in [2.05, 4.69) is 107 Å². The summed E-state index contributed by atoms with van der Waals surface area (Å²) in [6.07, 6.45) is 1.79. The van der Waals surface area contributed by atoms with E-state index in [9.17, 15) is 30.4 Å². The average molecular weight is 1910 g/mol. The van der Waals surface area contributed by atoms with Gasteiger partial charge in [-0.25, -0.2) is 39.3 Å². The van der Waals surface area contributed by atoms with Crippen molar-refractivity contribution in [2.75, 3.05) is 41.0 Å². The molecule has 0 spiro atoms. The molecular formula is C84H94Br3Cl2N7Na2O12S5. The van der Waals surface area contributed by atoms with Crippen LogP contribution in [0.25, 0.3) is 5.14 Å². The van der Waals surface area contributed by atoms with Crippen LogP contribution in [-0.2, 0) is 92.8 Å². The standard InChI is InChI=1S/C17H17ClN2OS.C16H17NO3S.C9H10Br2O.C9H8ClNS.C9H12O.C8H8BrNO.C7H9NO2S.C7H8NO2S.C2H5O.2Na/c18-15-4-1-12(2-5-15)7-8-19-17(22)20-10-13-3-6-16(21)9-14(13)11-20;1-12-3-7-16(8-4-12)21(18,19)17-10-13-5-6-15(20-2)9-14(13)11-17;1-12-9-3-2-7(5-10)8(4-9)6-11;10-9-3-1-8(2-4-9)5-6-11-7-12;1-7-4-5-9(10-3)6-8(7)2;9-10-4-6-1-2-8(11)3-7(6)5-10;2*1-6-2-4-7(5-3-6)11(8,9)10;1-2-3;;/h1-6,9,21H,7-8,10-11H2,(H,19,22);3-9H,10-11H2,1-2H3;2-4H,5-6H2,1H3;1-4H,5-6H2;4-6H,1-3H3;1-3,11H,4-5H2;2-5H,1H3,(H2,8,9,10);2-5H,1H3,(H-,8,9,10);2H2,1H3;;/q;;;;;;;2*-1;2*+1. The molecule has 6 N–H and O–H groups in total. The summed E-state index contributed by atoms with van der Waals surface area (Å²) in [7, 11) is -5.76. The second kappa shape index (κ2) is 53.1. The Labute approximate surface area is 769 Å². The van der Waals surface area contributed by atoms with E-state index in [1.165, 1.54) is 78.6 Å². The number of phenols is 2. The zero-order valence-corrected chi connectivity index (χ0v) is 80.5. The van der Waals surface area contributed by atoms with Gasteiger partial charge in [0.05, 0.1) is 52.8 Å². The third-order valence-electron chi connectivity index (χ3n) is 17.0. The Morgan fingerprint density at radius 2 is 0.939 bits per heavy atom. The molecule has 3 aliphatic heterocycles. The van der Waals surface area contributed by atoms with Crippen molar-refractivity contribution >= 4 is 136 Å². The van der Waals surface area contributed by atoms with E-state index in [4.69, 9.17) is 70.1 Å². The Kier molecular flexibility index (Phi) is 47.8. The summed E-state index contributed by atoms with van der Waals surface area (Å²) in [5.74, 6) is 3.26. The first-order valence-electron chi connectivity index (χ1n) is 35.1. The number of halogens is 5. The second-order valence-corrected chi connectivity index (χ2v) is 34.1. The fourth-order valence-electron chi connectivity index (χ4n) is 10.6. The van der Waals surface area contributed by atoms with Crippen molar-refractivity contribution in [2.45, 2.75) is 119 Å². The Morgan fingerprint density at radius 1 is 0.539 bits per heavy atom. The number of aromatic hydroxyl groups is 2. The van der Waals surface area contributed by atoms with Crippen LogP contribution in [0.1, 0.15) is 90.4 Å². The van der Waals surface area contributed by atoms with Crippen molar-refractivity contribution in [3.8, 4) is 28.7 Å². The number of nitrogens with zero attached hydrogens (tertiary/aromatic N) is 4. The van der Waals surface area contributed by atoms with E-state index in [0.717, 1.165) is 122 Å². The molecule has 13 rings (SSSR count). The minimum absolute atomic E-state index is 0. The van der Waals surface area contributed by atoms with Crippen LogP contribution in [0.3, 0.4) is 0 Å². The Hall–Kier alpha value is -5.64. The fourth-order valence-corrected chi connectivity index (χ4v) is 15.2. The molecule has 0 unspecified atom stereocenters. The van der Waals surface area contributed by atoms with Crippen molar-refractivity contribution in [1.29, 1.82) is 0 Å². The number of aliphatic imine (C=N–C) groups is 1. The van der Waals surface area contributed by atoms with E-state index in [-0.39, 0.29) is 75.5 Å². The number of phenolic OH excluding ortho intramolecular Hbond substituents is 2. The molecule has 0 saturated heterocycles. The van der Waals surface area contributed by atoms with Crippen LogP contribution >= 0.6 is 95.6 Å². The zero-order chi connectivity index (χ0) is 83.4. The molecule has 115 heavy (non-hydrogen) atoms. The van der Waals surface area contributed by atoms with Crippen molar-refractivity contribution in [2.24, 2.45) is 10.1 Å². The van der Waals surface area contributed by atoms with Crippen LogP contribution in [0.2, 0.25) is 10.0 Å². The van der Waals surface area contributed by atoms with Crippen LogP contribution in [0.4, 0.5) is 0 Å². The number of alkyl halides is 2. The molecule has 0 bridgehead atoms. The Bertz CT molecular complexity index is 5020. The molecular weight excluding hydrogens is 1820 g/mol. The second-order valence-electron chi connectivity index (χ2n) is 25.5. The number of methoxy groups -OCH3 is 3. The van der Waals surface area contributed by atoms with Crippen molar-refractivity contribution in [3.63, 3.8) is 0 Å². The molecule has 0 amide bonds. The number of hydrogen-bond donors (Lipinski definition) is 4. The molecule has 604 valence electrons. The van der Waals surface area contributed by atoms with Gasteiger partial charge in [-0.15, -0.1) is 6.61 Å². The maximum Gasteiger partial charge on any atom is 1.00 e. The molecule has 0 radical (unpaired) electrons. The third-order valence-corrected chi connectivity index (χ3v) is 23.4. The number of ether oxygens (including phenoxy) is 3. The minimum Gasteiger partial charge on any atom is -0.855 e. The maximum absolute atomic E-state index is 12.7. The van der Waals surface area contributed by atoms with E-state index in [1.807, 2.05) is 152 Å².